The van der Waals surface area contributed by atoms with E-state index in [9.17, 15) is 13.2 Å². The molecule has 7 aromatic carbocycles. The standard InChI is InChI=1S/C53H44F3N3/c1-32-28-36(53(54,55)56)21-24-37(32)33-20-25-48(58-44-17-11-9-14-38(44)40-30-34(51(2,3)4)22-26-46(40)58)42(29-33)50-43(57-8)16-13-19-49(50)59-45-18-12-10-15-39(45)41-31-35(52(5,6)7)23-27-47(41)59/h9-31H,1-7H3. The molecule has 0 saturated heterocycles. The van der Waals surface area contributed by atoms with Gasteiger partial charge in [0.05, 0.1) is 39.9 Å². The largest absolute Gasteiger partial charge is 0.416 e. The van der Waals surface area contributed by atoms with Crippen LogP contribution in [0.15, 0.2) is 140 Å². The Morgan fingerprint density at radius 1 is 0.475 bits per heavy atom. The molecule has 0 aliphatic rings. The van der Waals surface area contributed by atoms with Crippen LogP contribution in [0.4, 0.5) is 18.9 Å². The third-order valence-electron chi connectivity index (χ3n) is 11.8. The van der Waals surface area contributed by atoms with E-state index in [1.54, 1.807) is 13.0 Å². The fourth-order valence-corrected chi connectivity index (χ4v) is 8.74. The summed E-state index contributed by atoms with van der Waals surface area (Å²) in [6.45, 7) is 23.6. The summed E-state index contributed by atoms with van der Waals surface area (Å²) in [7, 11) is 0. The van der Waals surface area contributed by atoms with Gasteiger partial charge in [0.15, 0.2) is 5.69 Å². The van der Waals surface area contributed by atoms with Crippen LogP contribution in [-0.4, -0.2) is 9.13 Å². The molecule has 0 spiro atoms. The Morgan fingerprint density at radius 3 is 1.53 bits per heavy atom. The van der Waals surface area contributed by atoms with Crippen LogP contribution in [0.1, 0.15) is 63.8 Å². The molecule has 0 aliphatic carbocycles. The lowest BCUT2D eigenvalue weighted by molar-refractivity contribution is -0.137. The fourth-order valence-electron chi connectivity index (χ4n) is 8.74. The van der Waals surface area contributed by atoms with Crippen LogP contribution in [0.3, 0.4) is 0 Å². The van der Waals surface area contributed by atoms with E-state index < -0.39 is 11.7 Å². The summed E-state index contributed by atoms with van der Waals surface area (Å²) >= 11 is 0. The summed E-state index contributed by atoms with van der Waals surface area (Å²) in [6, 6.07) is 46.1. The average molecular weight is 780 g/mol. The van der Waals surface area contributed by atoms with Crippen LogP contribution in [0.5, 0.6) is 0 Å². The van der Waals surface area contributed by atoms with Gasteiger partial charge in [0.1, 0.15) is 0 Å². The second-order valence-electron chi connectivity index (χ2n) is 17.7. The maximum atomic E-state index is 13.9. The number of aromatic nitrogens is 2. The number of hydrogen-bond donors (Lipinski definition) is 0. The SMILES string of the molecule is [C-]#[N+]c1cccc(-n2c3ccccc3c3cc(C(C)(C)C)ccc32)c1-c1cc(-c2ccc(C(F)(F)F)cc2C)ccc1-n1c2ccccc2c2cc(C(C)(C)C)ccc21. The lowest BCUT2D eigenvalue weighted by Crippen LogP contribution is -2.10. The molecule has 6 heteroatoms. The quantitative estimate of drug-likeness (QED) is 0.158. The molecule has 0 bridgehead atoms. The number of para-hydroxylation sites is 2. The van der Waals surface area contributed by atoms with Gasteiger partial charge in [0.25, 0.3) is 0 Å². The molecule has 2 heterocycles. The first-order valence-electron chi connectivity index (χ1n) is 20.0. The van der Waals surface area contributed by atoms with Gasteiger partial charge >= 0.3 is 6.18 Å². The zero-order chi connectivity index (χ0) is 41.6. The smallest absolute Gasteiger partial charge is 0.310 e. The summed E-state index contributed by atoms with van der Waals surface area (Å²) in [5, 5.41) is 4.47. The molecule has 9 rings (SSSR count). The zero-order valence-electron chi connectivity index (χ0n) is 34.3. The third-order valence-corrected chi connectivity index (χ3v) is 11.8. The van der Waals surface area contributed by atoms with Crippen LogP contribution in [0, 0.1) is 13.5 Å². The summed E-state index contributed by atoms with van der Waals surface area (Å²) in [4.78, 5) is 4.17. The van der Waals surface area contributed by atoms with Gasteiger partial charge in [-0.3, -0.25) is 0 Å². The highest BCUT2D eigenvalue weighted by Crippen LogP contribution is 2.47. The van der Waals surface area contributed by atoms with Crippen LogP contribution in [0.2, 0.25) is 0 Å². The highest BCUT2D eigenvalue weighted by Gasteiger charge is 2.31. The normalized spacial score (nSPS) is 12.6. The Kier molecular flexibility index (Phi) is 8.68. The van der Waals surface area contributed by atoms with Crippen molar-refractivity contribution in [2.45, 2.75) is 65.5 Å². The number of benzene rings is 7. The van der Waals surface area contributed by atoms with E-state index in [1.807, 2.05) is 30.3 Å². The molecule has 0 N–H and O–H groups in total. The van der Waals surface area contributed by atoms with Gasteiger partial charge < -0.3 is 9.13 Å². The maximum Gasteiger partial charge on any atom is 0.416 e. The van der Waals surface area contributed by atoms with Crippen molar-refractivity contribution in [3.63, 3.8) is 0 Å². The van der Waals surface area contributed by atoms with E-state index in [1.165, 1.54) is 17.2 Å². The van der Waals surface area contributed by atoms with E-state index in [-0.39, 0.29) is 10.8 Å². The Morgan fingerprint density at radius 2 is 1.00 bits per heavy atom. The number of halogens is 3. The van der Waals surface area contributed by atoms with Crippen LogP contribution in [-0.2, 0) is 17.0 Å². The van der Waals surface area contributed by atoms with E-state index in [4.69, 9.17) is 6.57 Å². The van der Waals surface area contributed by atoms with Crippen molar-refractivity contribution in [2.75, 3.05) is 0 Å². The molecule has 0 amide bonds. The first-order valence-corrected chi connectivity index (χ1v) is 20.0. The van der Waals surface area contributed by atoms with Gasteiger partial charge in [0, 0.05) is 32.8 Å². The Labute approximate surface area is 342 Å². The first kappa shape index (κ1) is 38.0. The lowest BCUT2D eigenvalue weighted by atomic mass is 9.86. The molecular weight excluding hydrogens is 736 g/mol. The van der Waals surface area contributed by atoms with Crippen molar-refractivity contribution in [1.82, 2.24) is 9.13 Å². The summed E-state index contributed by atoms with van der Waals surface area (Å²) in [6.07, 6.45) is -4.46. The fraction of sp³-hybridized carbons (Fsp3) is 0.189. The molecule has 0 atom stereocenters. The minimum absolute atomic E-state index is 0.0612. The second kappa shape index (κ2) is 13.5. The number of nitrogens with zero attached hydrogens (tertiary/aromatic N) is 3. The van der Waals surface area contributed by atoms with Crippen LogP contribution >= 0.6 is 0 Å². The molecule has 0 fully saturated rings. The third kappa shape index (κ3) is 6.28. The molecule has 0 radical (unpaired) electrons. The molecule has 0 aliphatic heterocycles. The Hall–Kier alpha value is -6.58. The summed E-state index contributed by atoms with van der Waals surface area (Å²) < 4.78 is 46.2. The molecule has 3 nitrogen and oxygen atoms in total. The van der Waals surface area contributed by atoms with Crippen molar-refractivity contribution in [1.29, 1.82) is 0 Å². The van der Waals surface area contributed by atoms with E-state index in [0.717, 1.165) is 77.7 Å². The average Bonchev–Trinajstić information content (AvgIpc) is 3.71. The monoisotopic (exact) mass is 779 g/mol. The molecule has 2 aromatic heterocycles. The minimum Gasteiger partial charge on any atom is -0.310 e. The van der Waals surface area contributed by atoms with Crippen molar-refractivity contribution in [2.24, 2.45) is 0 Å². The number of hydrogen-bond acceptors (Lipinski definition) is 0. The number of fused-ring (bicyclic) bond motifs is 6. The van der Waals surface area contributed by atoms with Gasteiger partial charge in [-0.25, -0.2) is 4.85 Å². The number of rotatable bonds is 4. The van der Waals surface area contributed by atoms with Crippen LogP contribution < -0.4 is 0 Å². The highest BCUT2D eigenvalue weighted by molar-refractivity contribution is 6.12. The molecule has 9 aromatic rings. The highest BCUT2D eigenvalue weighted by atomic mass is 19.4. The number of alkyl halides is 3. The van der Waals surface area contributed by atoms with Gasteiger partial charge in [-0.2, -0.15) is 13.2 Å². The number of aryl methyl sites for hydroxylation is 1. The van der Waals surface area contributed by atoms with Gasteiger partial charge in [-0.05, 0) is 118 Å². The van der Waals surface area contributed by atoms with Gasteiger partial charge in [-0.1, -0.05) is 114 Å². The molecule has 0 saturated carbocycles. The Balaban J connectivity index is 1.41. The van der Waals surface area contributed by atoms with E-state index in [0.29, 0.717) is 16.8 Å². The molecule has 292 valence electrons. The minimum atomic E-state index is -4.46. The van der Waals surface area contributed by atoms with Gasteiger partial charge in [0.2, 0.25) is 0 Å². The summed E-state index contributed by atoms with van der Waals surface area (Å²) in [5.74, 6) is 0. The second-order valence-corrected chi connectivity index (χ2v) is 17.7. The van der Waals surface area contributed by atoms with E-state index in [2.05, 4.69) is 147 Å². The van der Waals surface area contributed by atoms with E-state index >= 15 is 0 Å². The first-order chi connectivity index (χ1) is 28.0. The predicted molar refractivity (Wildman–Crippen MR) is 239 cm³/mol. The molecule has 0 unspecified atom stereocenters. The van der Waals surface area contributed by atoms with Crippen molar-refractivity contribution in [3.05, 3.63) is 173 Å². The summed E-state index contributed by atoms with van der Waals surface area (Å²) in [5.41, 5.74) is 11.4. The predicted octanol–water partition coefficient (Wildman–Crippen LogP) is 15.7. The Bertz CT molecular complexity index is 3190. The maximum absolute atomic E-state index is 13.9. The molecular formula is C53H44F3N3. The lowest BCUT2D eigenvalue weighted by Gasteiger charge is -2.22. The zero-order valence-corrected chi connectivity index (χ0v) is 34.3. The van der Waals surface area contributed by atoms with Gasteiger partial charge in [-0.15, -0.1) is 0 Å². The van der Waals surface area contributed by atoms with Crippen molar-refractivity contribution < 1.29 is 13.2 Å². The topological polar surface area (TPSA) is 14.2 Å². The van der Waals surface area contributed by atoms with Crippen molar-refractivity contribution >= 4 is 49.3 Å². The molecule has 59 heavy (non-hydrogen) atoms. The van der Waals surface area contributed by atoms with Crippen LogP contribution in [0.25, 0.3) is 82.1 Å². The van der Waals surface area contributed by atoms with Crippen molar-refractivity contribution in [3.8, 4) is 33.6 Å².